The van der Waals surface area contributed by atoms with Crippen molar-refractivity contribution in [2.45, 2.75) is 19.4 Å². The first-order chi connectivity index (χ1) is 12.5. The van der Waals surface area contributed by atoms with Gasteiger partial charge in [0.25, 0.3) is 0 Å². The molecular formula is C19H17ClFN3O2. The largest absolute Gasteiger partial charge is 0.350 e. The van der Waals surface area contributed by atoms with Crippen molar-refractivity contribution in [1.82, 2.24) is 10.3 Å². The van der Waals surface area contributed by atoms with Gasteiger partial charge in [0, 0.05) is 24.4 Å². The number of rotatable bonds is 5. The molecule has 0 spiro atoms. The molecule has 134 valence electrons. The lowest BCUT2D eigenvalue weighted by Crippen LogP contribution is -2.40. The van der Waals surface area contributed by atoms with Crippen LogP contribution in [0.15, 0.2) is 53.6 Å². The summed E-state index contributed by atoms with van der Waals surface area (Å²) in [6.45, 7) is 0.103. The fraction of sp³-hybridized carbons (Fsp3) is 0.211. The predicted octanol–water partition coefficient (Wildman–Crippen LogP) is 3.12. The van der Waals surface area contributed by atoms with Gasteiger partial charge in [-0.2, -0.15) is 5.10 Å². The molecule has 1 heterocycles. The highest BCUT2D eigenvalue weighted by Crippen LogP contribution is 2.17. The molecule has 0 saturated carbocycles. The van der Waals surface area contributed by atoms with E-state index in [4.69, 9.17) is 11.6 Å². The van der Waals surface area contributed by atoms with E-state index < -0.39 is 0 Å². The minimum Gasteiger partial charge on any atom is -0.350 e. The number of benzene rings is 2. The van der Waals surface area contributed by atoms with Crippen LogP contribution in [0.25, 0.3) is 0 Å². The second-order valence-corrected chi connectivity index (χ2v) is 6.34. The fourth-order valence-electron chi connectivity index (χ4n) is 2.57. The van der Waals surface area contributed by atoms with Gasteiger partial charge >= 0.3 is 0 Å². The molecule has 2 aromatic carbocycles. The molecule has 0 saturated heterocycles. The lowest BCUT2D eigenvalue weighted by atomic mass is 10.0. The van der Waals surface area contributed by atoms with E-state index in [9.17, 15) is 14.0 Å². The van der Waals surface area contributed by atoms with Crippen molar-refractivity contribution < 1.29 is 14.0 Å². The minimum absolute atomic E-state index is 0.156. The standard InChI is InChI=1S/C19H17ClFN3O2/c20-15-5-3-14(4-6-15)17-9-10-19(26)24(23-17)12-18(25)22-11-13-1-7-16(21)8-2-13/h1-8H,9-12H2,(H,22,25). The Hall–Kier alpha value is -2.73. The molecule has 1 aliphatic heterocycles. The normalized spacial score (nSPS) is 14.2. The molecule has 0 radical (unpaired) electrons. The van der Waals surface area contributed by atoms with E-state index in [0.29, 0.717) is 17.9 Å². The number of hydrogen-bond donors (Lipinski definition) is 1. The van der Waals surface area contributed by atoms with Crippen molar-refractivity contribution in [3.63, 3.8) is 0 Å². The summed E-state index contributed by atoms with van der Waals surface area (Å²) in [6, 6.07) is 13.0. The third-order valence-corrected chi connectivity index (χ3v) is 4.23. The molecule has 7 heteroatoms. The molecule has 0 unspecified atom stereocenters. The lowest BCUT2D eigenvalue weighted by Gasteiger charge is -2.23. The highest BCUT2D eigenvalue weighted by Gasteiger charge is 2.23. The summed E-state index contributed by atoms with van der Waals surface area (Å²) in [5.41, 5.74) is 2.39. The van der Waals surface area contributed by atoms with Crippen LogP contribution in [0.2, 0.25) is 5.02 Å². The van der Waals surface area contributed by atoms with Crippen molar-refractivity contribution in [3.8, 4) is 0 Å². The predicted molar refractivity (Wildman–Crippen MR) is 97.2 cm³/mol. The average Bonchev–Trinajstić information content (AvgIpc) is 2.64. The molecule has 1 aliphatic rings. The van der Waals surface area contributed by atoms with Gasteiger partial charge in [-0.25, -0.2) is 9.40 Å². The topological polar surface area (TPSA) is 61.8 Å². The second-order valence-electron chi connectivity index (χ2n) is 5.91. The first-order valence-corrected chi connectivity index (χ1v) is 8.54. The lowest BCUT2D eigenvalue weighted by molar-refractivity contribution is -0.136. The molecule has 0 bridgehead atoms. The number of nitrogens with zero attached hydrogens (tertiary/aromatic N) is 2. The first-order valence-electron chi connectivity index (χ1n) is 8.16. The zero-order valence-corrected chi connectivity index (χ0v) is 14.7. The molecule has 0 aliphatic carbocycles. The summed E-state index contributed by atoms with van der Waals surface area (Å²) in [4.78, 5) is 24.2. The van der Waals surface area contributed by atoms with Gasteiger partial charge in [-0.15, -0.1) is 0 Å². The van der Waals surface area contributed by atoms with Gasteiger partial charge in [0.1, 0.15) is 12.4 Å². The molecule has 1 N–H and O–H groups in total. The van der Waals surface area contributed by atoms with E-state index in [1.807, 2.05) is 12.1 Å². The number of hydrogen-bond acceptors (Lipinski definition) is 3. The van der Waals surface area contributed by atoms with Gasteiger partial charge in [-0.1, -0.05) is 35.9 Å². The molecule has 26 heavy (non-hydrogen) atoms. The summed E-state index contributed by atoms with van der Waals surface area (Å²) in [7, 11) is 0. The Morgan fingerprint density at radius 2 is 1.81 bits per heavy atom. The number of amides is 2. The number of hydrazone groups is 1. The van der Waals surface area contributed by atoms with Gasteiger partial charge in [0.15, 0.2) is 0 Å². The monoisotopic (exact) mass is 373 g/mol. The Labute approximate surface area is 155 Å². The van der Waals surface area contributed by atoms with Crippen LogP contribution in [0.4, 0.5) is 4.39 Å². The highest BCUT2D eigenvalue weighted by molar-refractivity contribution is 6.30. The van der Waals surface area contributed by atoms with E-state index in [2.05, 4.69) is 10.4 Å². The zero-order valence-electron chi connectivity index (χ0n) is 13.9. The van der Waals surface area contributed by atoms with Gasteiger partial charge < -0.3 is 5.32 Å². The molecule has 0 aromatic heterocycles. The first kappa shape index (κ1) is 18.1. The van der Waals surface area contributed by atoms with Crippen molar-refractivity contribution >= 4 is 29.1 Å². The summed E-state index contributed by atoms with van der Waals surface area (Å²) in [5, 5.41) is 8.83. The number of nitrogens with one attached hydrogen (secondary N) is 1. The van der Waals surface area contributed by atoms with Crippen LogP contribution in [0, 0.1) is 5.82 Å². The van der Waals surface area contributed by atoms with Crippen LogP contribution >= 0.6 is 11.6 Å². The van der Waals surface area contributed by atoms with Crippen LogP contribution < -0.4 is 5.32 Å². The van der Waals surface area contributed by atoms with E-state index in [1.165, 1.54) is 17.1 Å². The molecule has 5 nitrogen and oxygen atoms in total. The summed E-state index contributed by atoms with van der Waals surface area (Å²) < 4.78 is 12.9. The van der Waals surface area contributed by atoms with Crippen LogP contribution in [-0.2, 0) is 16.1 Å². The Kier molecular flexibility index (Phi) is 5.63. The quantitative estimate of drug-likeness (QED) is 0.875. The number of halogens is 2. The van der Waals surface area contributed by atoms with Gasteiger partial charge in [-0.05, 0) is 35.4 Å². The number of carbonyl (C=O) groups is 2. The minimum atomic E-state index is -0.331. The van der Waals surface area contributed by atoms with Crippen molar-refractivity contribution in [2.24, 2.45) is 5.10 Å². The van der Waals surface area contributed by atoms with Crippen molar-refractivity contribution in [2.75, 3.05) is 6.54 Å². The molecular weight excluding hydrogens is 357 g/mol. The van der Waals surface area contributed by atoms with Crippen molar-refractivity contribution in [1.29, 1.82) is 0 Å². The third-order valence-electron chi connectivity index (χ3n) is 3.98. The van der Waals surface area contributed by atoms with E-state index in [0.717, 1.165) is 16.8 Å². The smallest absolute Gasteiger partial charge is 0.243 e. The molecule has 0 fully saturated rings. The fourth-order valence-corrected chi connectivity index (χ4v) is 2.69. The molecule has 0 atom stereocenters. The average molecular weight is 374 g/mol. The molecule has 2 aromatic rings. The van der Waals surface area contributed by atoms with Gasteiger partial charge in [0.2, 0.25) is 11.8 Å². The van der Waals surface area contributed by atoms with Gasteiger partial charge in [0.05, 0.1) is 5.71 Å². The summed E-state index contributed by atoms with van der Waals surface area (Å²) in [5.74, 6) is -0.855. The number of carbonyl (C=O) groups excluding carboxylic acids is 2. The van der Waals surface area contributed by atoms with Crippen LogP contribution in [0.3, 0.4) is 0 Å². The maximum atomic E-state index is 12.9. The maximum Gasteiger partial charge on any atom is 0.243 e. The van der Waals surface area contributed by atoms with Crippen LogP contribution in [-0.4, -0.2) is 29.1 Å². The van der Waals surface area contributed by atoms with Crippen LogP contribution in [0.1, 0.15) is 24.0 Å². The van der Waals surface area contributed by atoms with Gasteiger partial charge in [-0.3, -0.25) is 9.59 Å². The third kappa shape index (κ3) is 4.67. The van der Waals surface area contributed by atoms with Crippen molar-refractivity contribution in [3.05, 3.63) is 70.5 Å². The summed E-state index contributed by atoms with van der Waals surface area (Å²) in [6.07, 6.45) is 0.820. The van der Waals surface area contributed by atoms with E-state index >= 15 is 0 Å². The van der Waals surface area contributed by atoms with E-state index in [-0.39, 0.29) is 30.7 Å². The summed E-state index contributed by atoms with van der Waals surface area (Å²) >= 11 is 5.89. The Balaban J connectivity index is 1.62. The van der Waals surface area contributed by atoms with Crippen LogP contribution in [0.5, 0.6) is 0 Å². The maximum absolute atomic E-state index is 12.9. The molecule has 3 rings (SSSR count). The highest BCUT2D eigenvalue weighted by atomic mass is 35.5. The second kappa shape index (κ2) is 8.10. The zero-order chi connectivity index (χ0) is 18.5. The molecule has 2 amide bonds. The van der Waals surface area contributed by atoms with E-state index in [1.54, 1.807) is 24.3 Å². The Morgan fingerprint density at radius 3 is 2.50 bits per heavy atom. The Morgan fingerprint density at radius 1 is 1.12 bits per heavy atom. The SMILES string of the molecule is O=C(CN1N=C(c2ccc(Cl)cc2)CCC1=O)NCc1ccc(F)cc1. The Bertz CT molecular complexity index is 835.